The molecule has 0 rings (SSSR count). The molecule has 2 atom stereocenters. The van der Waals surface area contributed by atoms with E-state index in [0.29, 0.717) is 24.1 Å². The predicted molar refractivity (Wildman–Crippen MR) is 213 cm³/mol. The smallest absolute Gasteiger partial charge is 0.306 e. The Hall–Kier alpha value is -1.02. The number of phosphoric ester groups is 1. The number of nitrogens with zero attached hydrogens (tertiary/aromatic N) is 1. The first-order valence-corrected chi connectivity index (χ1v) is 22.5. The molecule has 8 nitrogen and oxygen atoms in total. The molecular weight excluding hydrogens is 661 g/mol. The molecule has 0 saturated heterocycles. The van der Waals surface area contributed by atoms with Gasteiger partial charge in [0.15, 0.2) is 0 Å². The average Bonchev–Trinajstić information content (AvgIpc) is 3.08. The van der Waals surface area contributed by atoms with E-state index in [1.165, 1.54) is 116 Å². The van der Waals surface area contributed by atoms with Crippen molar-refractivity contribution in [3.8, 4) is 0 Å². The summed E-state index contributed by atoms with van der Waals surface area (Å²) >= 11 is 0. The van der Waals surface area contributed by atoms with Crippen molar-refractivity contribution in [1.82, 2.24) is 0 Å². The number of allylic oxidation sites excluding steroid dienone is 4. The molecule has 0 saturated carbocycles. The lowest BCUT2D eigenvalue weighted by Crippen LogP contribution is -2.37. The highest BCUT2D eigenvalue weighted by Gasteiger charge is 2.20. The number of likely N-dealkylation sites (N-methyl/N-ethyl adjacent to an activating group) is 1. The monoisotopic (exact) mass is 744 g/mol. The Labute approximate surface area is 315 Å². The lowest BCUT2D eigenvalue weighted by atomic mass is 10.0. The van der Waals surface area contributed by atoms with Gasteiger partial charge in [0.05, 0.1) is 34.4 Å². The molecule has 0 fully saturated rings. The molecule has 0 aliphatic heterocycles. The Kier molecular flexibility index (Phi) is 35.3. The van der Waals surface area contributed by atoms with Crippen LogP contribution in [0, 0.1) is 0 Å². The maximum absolute atomic E-state index is 12.6. The van der Waals surface area contributed by atoms with Gasteiger partial charge >= 0.3 is 5.97 Å². The molecule has 0 aromatic heterocycles. The van der Waals surface area contributed by atoms with Gasteiger partial charge in [-0.3, -0.25) is 9.36 Å². The van der Waals surface area contributed by atoms with Crippen molar-refractivity contribution in [2.75, 3.05) is 54.1 Å². The molecule has 0 radical (unpaired) electrons. The van der Waals surface area contributed by atoms with Crippen LogP contribution in [0.15, 0.2) is 24.3 Å². The van der Waals surface area contributed by atoms with Gasteiger partial charge < -0.3 is 27.9 Å². The number of hydrogen-bond donors (Lipinski definition) is 0. The molecule has 0 amide bonds. The van der Waals surface area contributed by atoms with Crippen LogP contribution < -0.4 is 4.89 Å². The molecule has 0 aliphatic carbocycles. The van der Waals surface area contributed by atoms with Crippen LogP contribution in [0.2, 0.25) is 0 Å². The van der Waals surface area contributed by atoms with E-state index in [9.17, 15) is 14.3 Å². The van der Waals surface area contributed by atoms with Crippen LogP contribution >= 0.6 is 7.82 Å². The fourth-order valence-corrected chi connectivity index (χ4v) is 6.44. The molecule has 0 N–H and O–H groups in total. The lowest BCUT2D eigenvalue weighted by Gasteiger charge is -2.28. The van der Waals surface area contributed by atoms with Crippen LogP contribution in [-0.2, 0) is 27.9 Å². The third-order valence-corrected chi connectivity index (χ3v) is 9.97. The van der Waals surface area contributed by atoms with E-state index >= 15 is 0 Å². The molecule has 51 heavy (non-hydrogen) atoms. The van der Waals surface area contributed by atoms with E-state index < -0.39 is 13.9 Å². The van der Waals surface area contributed by atoms with Crippen molar-refractivity contribution < 1.29 is 37.3 Å². The number of rotatable bonds is 39. The first-order valence-electron chi connectivity index (χ1n) is 21.1. The number of phosphoric acid groups is 1. The van der Waals surface area contributed by atoms with Crippen LogP contribution in [0.3, 0.4) is 0 Å². The summed E-state index contributed by atoms with van der Waals surface area (Å²) in [6.07, 6.45) is 39.1. The molecular formula is C42H82NO7P. The Morgan fingerprint density at radius 1 is 0.608 bits per heavy atom. The average molecular weight is 744 g/mol. The summed E-state index contributed by atoms with van der Waals surface area (Å²) in [5.74, 6) is -0.347. The van der Waals surface area contributed by atoms with Crippen molar-refractivity contribution in [1.29, 1.82) is 0 Å². The molecule has 2 unspecified atom stereocenters. The van der Waals surface area contributed by atoms with E-state index in [1.807, 2.05) is 21.1 Å². The molecule has 0 aromatic rings. The highest BCUT2D eigenvalue weighted by atomic mass is 31.2. The van der Waals surface area contributed by atoms with Crippen molar-refractivity contribution in [2.45, 2.75) is 187 Å². The van der Waals surface area contributed by atoms with Gasteiger partial charge in [-0.2, -0.15) is 0 Å². The normalized spacial score (nSPS) is 14.1. The predicted octanol–water partition coefficient (Wildman–Crippen LogP) is 11.4. The van der Waals surface area contributed by atoms with Crippen LogP contribution in [-0.4, -0.2) is 70.7 Å². The summed E-state index contributed by atoms with van der Waals surface area (Å²) in [6, 6.07) is 0. The molecule has 0 bridgehead atoms. The molecule has 0 spiro atoms. The molecule has 0 aromatic carbocycles. The number of unbranched alkanes of at least 4 members (excludes halogenated alkanes) is 21. The third kappa shape index (κ3) is 40.0. The van der Waals surface area contributed by atoms with Gasteiger partial charge in [0.2, 0.25) is 0 Å². The Morgan fingerprint density at radius 3 is 1.59 bits per heavy atom. The molecule has 0 aliphatic rings. The van der Waals surface area contributed by atoms with Gasteiger partial charge in [-0.1, -0.05) is 160 Å². The summed E-state index contributed by atoms with van der Waals surface area (Å²) in [6.45, 7) is 5.30. The minimum atomic E-state index is -4.53. The zero-order valence-corrected chi connectivity index (χ0v) is 35.0. The number of hydrogen-bond acceptors (Lipinski definition) is 7. The van der Waals surface area contributed by atoms with Gasteiger partial charge in [-0.25, -0.2) is 0 Å². The van der Waals surface area contributed by atoms with E-state index in [4.69, 9.17) is 18.5 Å². The zero-order valence-electron chi connectivity index (χ0n) is 34.1. The Balaban J connectivity index is 4.31. The number of carbonyl (C=O) groups excluding carboxylic acids is 1. The number of ether oxygens (including phenoxy) is 2. The van der Waals surface area contributed by atoms with Crippen molar-refractivity contribution in [3.05, 3.63) is 24.3 Å². The van der Waals surface area contributed by atoms with E-state index in [0.717, 1.165) is 44.9 Å². The van der Waals surface area contributed by atoms with Crippen LogP contribution in [0.5, 0.6) is 0 Å². The molecule has 0 heterocycles. The first kappa shape index (κ1) is 50.0. The van der Waals surface area contributed by atoms with Gasteiger partial charge in [0, 0.05) is 13.0 Å². The minimum absolute atomic E-state index is 0.0207. The highest BCUT2D eigenvalue weighted by molar-refractivity contribution is 7.45. The molecule has 302 valence electrons. The third-order valence-electron chi connectivity index (χ3n) is 9.01. The number of esters is 1. The summed E-state index contributed by atoms with van der Waals surface area (Å²) in [5.41, 5.74) is 0. The lowest BCUT2D eigenvalue weighted by molar-refractivity contribution is -0.870. The van der Waals surface area contributed by atoms with E-state index in [-0.39, 0.29) is 25.8 Å². The first-order chi connectivity index (χ1) is 24.6. The van der Waals surface area contributed by atoms with Crippen LogP contribution in [0.25, 0.3) is 0 Å². The van der Waals surface area contributed by atoms with Gasteiger partial charge in [0.1, 0.15) is 19.3 Å². The van der Waals surface area contributed by atoms with Crippen LogP contribution in [0.4, 0.5) is 0 Å². The van der Waals surface area contributed by atoms with Crippen molar-refractivity contribution in [2.24, 2.45) is 0 Å². The zero-order chi connectivity index (χ0) is 37.7. The largest absolute Gasteiger partial charge is 0.756 e. The summed E-state index contributed by atoms with van der Waals surface area (Å²) < 4.78 is 34.4. The van der Waals surface area contributed by atoms with Gasteiger partial charge in [0.25, 0.3) is 7.82 Å². The minimum Gasteiger partial charge on any atom is -0.756 e. The van der Waals surface area contributed by atoms with Crippen LogP contribution in [0.1, 0.15) is 181 Å². The SMILES string of the molecule is CCCCCCCCCC/C=C\C/C=C\CCCOCC(COP(=O)([O-])OCC[N+](C)(C)C)OC(=O)CCCCCCCCCCCCCCC. The number of carbonyl (C=O) groups is 1. The molecule has 9 heteroatoms. The maximum atomic E-state index is 12.6. The van der Waals surface area contributed by atoms with Gasteiger partial charge in [-0.05, 0) is 38.5 Å². The van der Waals surface area contributed by atoms with E-state index in [1.54, 1.807) is 0 Å². The standard InChI is InChI=1S/C42H82NO7P/c1-6-8-10-12-14-16-18-20-21-22-24-26-28-30-32-34-37-47-39-41(40-49-51(45,46)48-38-36-43(3,4)5)50-42(44)35-33-31-29-27-25-23-19-17-15-13-11-9-7-2/h22,24,28,30,41H,6-21,23,25-27,29,31-40H2,1-5H3/b24-22-,30-28-. The summed E-state index contributed by atoms with van der Waals surface area (Å²) in [5, 5.41) is 0. The van der Waals surface area contributed by atoms with Crippen molar-refractivity contribution in [3.63, 3.8) is 0 Å². The topological polar surface area (TPSA) is 94.1 Å². The summed E-state index contributed by atoms with van der Waals surface area (Å²) in [7, 11) is 1.34. The summed E-state index contributed by atoms with van der Waals surface area (Å²) in [4.78, 5) is 25.0. The highest BCUT2D eigenvalue weighted by Crippen LogP contribution is 2.38. The number of quaternary nitrogens is 1. The Bertz CT molecular complexity index is 874. The Morgan fingerprint density at radius 2 is 1.08 bits per heavy atom. The second kappa shape index (κ2) is 36.0. The second-order valence-electron chi connectivity index (χ2n) is 15.4. The van der Waals surface area contributed by atoms with E-state index in [2.05, 4.69) is 38.2 Å². The van der Waals surface area contributed by atoms with Gasteiger partial charge in [-0.15, -0.1) is 0 Å². The fraction of sp³-hybridized carbons (Fsp3) is 0.881. The quantitative estimate of drug-likeness (QED) is 0.0203. The fourth-order valence-electron chi connectivity index (χ4n) is 5.71. The van der Waals surface area contributed by atoms with Crippen molar-refractivity contribution >= 4 is 13.8 Å². The maximum Gasteiger partial charge on any atom is 0.306 e. The second-order valence-corrected chi connectivity index (χ2v) is 16.8.